The van der Waals surface area contributed by atoms with Crippen molar-refractivity contribution in [2.24, 2.45) is 0 Å². The number of hydrogen-bond acceptors (Lipinski definition) is 4. The van der Waals surface area contributed by atoms with Gasteiger partial charge < -0.3 is 4.79 Å². The summed E-state index contributed by atoms with van der Waals surface area (Å²) < 4.78 is 26.2. The van der Waals surface area contributed by atoms with E-state index in [1.807, 2.05) is 0 Å². The van der Waals surface area contributed by atoms with Crippen LogP contribution in [-0.2, 0) is 19.1 Å². The van der Waals surface area contributed by atoms with Gasteiger partial charge in [0.25, 0.3) is 10.1 Å². The van der Waals surface area contributed by atoms with Crippen molar-refractivity contribution in [2.75, 3.05) is 6.26 Å². The van der Waals surface area contributed by atoms with Gasteiger partial charge in [-0.2, -0.15) is 8.42 Å². The minimum atomic E-state index is -3.61. The quantitative estimate of drug-likeness (QED) is 0.552. The molecular weight excluding hydrogens is 204 g/mol. The minimum Gasteiger partial charge on any atom is -0.300 e. The highest BCUT2D eigenvalue weighted by molar-refractivity contribution is 7.86. The van der Waals surface area contributed by atoms with Crippen LogP contribution in [0.2, 0.25) is 0 Å². The molecule has 0 N–H and O–H groups in total. The minimum absolute atomic E-state index is 0.455. The summed E-state index contributed by atoms with van der Waals surface area (Å²) in [6.45, 7) is 0. The zero-order chi connectivity index (χ0) is 10.6. The van der Waals surface area contributed by atoms with Gasteiger partial charge in [0.2, 0.25) is 0 Å². The molecule has 4 nitrogen and oxygen atoms in total. The van der Waals surface area contributed by atoms with E-state index in [0.717, 1.165) is 6.26 Å². The Balaban J connectivity index is 2.89. The fraction of sp³-hybridized carbons (Fsp3) is 0.222. The van der Waals surface area contributed by atoms with Crippen LogP contribution in [-0.4, -0.2) is 21.0 Å². The van der Waals surface area contributed by atoms with E-state index in [4.69, 9.17) is 0 Å². The van der Waals surface area contributed by atoms with Crippen molar-refractivity contribution in [1.29, 1.82) is 0 Å². The Bertz CT molecular complexity index is 396. The largest absolute Gasteiger partial charge is 0.300 e. The topological polar surface area (TPSA) is 60.4 Å². The number of hydrogen-bond donors (Lipinski definition) is 0. The van der Waals surface area contributed by atoms with Crippen molar-refractivity contribution in [2.45, 2.75) is 6.10 Å². The van der Waals surface area contributed by atoms with Crippen LogP contribution in [0.5, 0.6) is 0 Å². The van der Waals surface area contributed by atoms with Gasteiger partial charge in [-0.1, -0.05) is 30.3 Å². The Morgan fingerprint density at radius 3 is 2.29 bits per heavy atom. The molecule has 0 aliphatic heterocycles. The zero-order valence-corrected chi connectivity index (χ0v) is 8.40. The van der Waals surface area contributed by atoms with Crippen molar-refractivity contribution in [3.63, 3.8) is 0 Å². The highest BCUT2D eigenvalue weighted by Crippen LogP contribution is 2.16. The highest BCUT2D eigenvalue weighted by Gasteiger charge is 2.15. The maximum atomic E-state index is 10.8. The van der Waals surface area contributed by atoms with Crippen LogP contribution in [0.1, 0.15) is 11.7 Å². The second kappa shape index (κ2) is 4.34. The summed E-state index contributed by atoms with van der Waals surface area (Å²) in [4.78, 5) is 10.6. The molecule has 5 heteroatoms. The van der Waals surface area contributed by atoms with E-state index in [-0.39, 0.29) is 0 Å². The Labute approximate surface area is 82.6 Å². The first-order valence-electron chi connectivity index (χ1n) is 3.91. The molecule has 1 rings (SSSR count). The van der Waals surface area contributed by atoms with E-state index < -0.39 is 16.2 Å². The number of rotatable bonds is 4. The smallest absolute Gasteiger partial charge is 0.265 e. The lowest BCUT2D eigenvalue weighted by Gasteiger charge is -2.09. The normalized spacial score (nSPS) is 13.5. The summed E-state index contributed by atoms with van der Waals surface area (Å²) in [6, 6.07) is 8.44. The molecule has 0 amide bonds. The molecule has 0 saturated heterocycles. The number of carbonyl (C=O) groups excluding carboxylic acids is 1. The van der Waals surface area contributed by atoms with Crippen LogP contribution < -0.4 is 0 Å². The lowest BCUT2D eigenvalue weighted by atomic mass is 10.1. The Morgan fingerprint density at radius 2 is 1.86 bits per heavy atom. The third-order valence-electron chi connectivity index (χ3n) is 1.53. The first-order valence-corrected chi connectivity index (χ1v) is 5.73. The first kappa shape index (κ1) is 10.9. The van der Waals surface area contributed by atoms with Gasteiger partial charge in [-0.05, 0) is 5.56 Å². The summed E-state index contributed by atoms with van der Waals surface area (Å²) in [5.41, 5.74) is 0.521. The van der Waals surface area contributed by atoms with Gasteiger partial charge in [0.15, 0.2) is 12.4 Å². The average Bonchev–Trinajstić information content (AvgIpc) is 2.14. The molecule has 1 aromatic rings. The molecule has 0 aromatic heterocycles. The van der Waals surface area contributed by atoms with Crippen LogP contribution in [0.3, 0.4) is 0 Å². The van der Waals surface area contributed by atoms with Crippen LogP contribution in [0, 0.1) is 0 Å². The van der Waals surface area contributed by atoms with Gasteiger partial charge in [-0.15, -0.1) is 0 Å². The molecule has 0 spiro atoms. The molecule has 0 fully saturated rings. The molecular formula is C9H10O4S. The monoisotopic (exact) mass is 214 g/mol. The molecule has 0 aliphatic carbocycles. The van der Waals surface area contributed by atoms with Gasteiger partial charge in [0, 0.05) is 0 Å². The van der Waals surface area contributed by atoms with Gasteiger partial charge in [0.1, 0.15) is 0 Å². The lowest BCUT2D eigenvalue weighted by molar-refractivity contribution is -0.113. The van der Waals surface area contributed by atoms with Gasteiger partial charge in [-0.25, -0.2) is 0 Å². The molecule has 0 bridgehead atoms. The van der Waals surface area contributed by atoms with E-state index >= 15 is 0 Å². The zero-order valence-electron chi connectivity index (χ0n) is 7.58. The third kappa shape index (κ3) is 3.27. The molecule has 1 atom stereocenters. The van der Waals surface area contributed by atoms with E-state index in [2.05, 4.69) is 4.18 Å². The summed E-state index contributed by atoms with van der Waals surface area (Å²) >= 11 is 0. The lowest BCUT2D eigenvalue weighted by Crippen LogP contribution is -2.11. The maximum Gasteiger partial charge on any atom is 0.265 e. The molecule has 0 radical (unpaired) electrons. The van der Waals surface area contributed by atoms with Crippen molar-refractivity contribution < 1.29 is 17.4 Å². The molecule has 0 aliphatic rings. The van der Waals surface area contributed by atoms with Gasteiger partial charge >= 0.3 is 0 Å². The Morgan fingerprint density at radius 1 is 1.29 bits per heavy atom. The standard InChI is InChI=1S/C9H10O4S/c1-14(11,12)13-9(7-10)8-5-3-2-4-6-8/h2-7,9H,1H3. The molecule has 0 saturated carbocycles. The number of benzene rings is 1. The Hall–Kier alpha value is -1.20. The van der Waals surface area contributed by atoms with Crippen LogP contribution in [0.25, 0.3) is 0 Å². The predicted octanol–water partition coefficient (Wildman–Crippen LogP) is 0.903. The summed E-state index contributed by atoms with van der Waals surface area (Å²) in [5.74, 6) is 0. The van der Waals surface area contributed by atoms with Crippen molar-refractivity contribution >= 4 is 16.4 Å². The van der Waals surface area contributed by atoms with E-state index in [1.165, 1.54) is 0 Å². The van der Waals surface area contributed by atoms with Gasteiger partial charge in [0.05, 0.1) is 6.26 Å². The van der Waals surface area contributed by atoms with Crippen LogP contribution in [0.15, 0.2) is 30.3 Å². The second-order valence-electron chi connectivity index (χ2n) is 2.77. The average molecular weight is 214 g/mol. The van der Waals surface area contributed by atoms with E-state index in [1.54, 1.807) is 30.3 Å². The summed E-state index contributed by atoms with van der Waals surface area (Å²) in [7, 11) is -3.61. The van der Waals surface area contributed by atoms with Crippen LogP contribution in [0.4, 0.5) is 0 Å². The number of carbonyl (C=O) groups is 1. The molecule has 1 aromatic carbocycles. The van der Waals surface area contributed by atoms with Crippen molar-refractivity contribution in [1.82, 2.24) is 0 Å². The first-order chi connectivity index (χ1) is 6.53. The second-order valence-corrected chi connectivity index (χ2v) is 4.37. The van der Waals surface area contributed by atoms with Crippen molar-refractivity contribution in [3.05, 3.63) is 35.9 Å². The summed E-state index contributed by atoms with van der Waals surface area (Å²) in [6.07, 6.45) is 0.314. The van der Waals surface area contributed by atoms with Crippen molar-refractivity contribution in [3.8, 4) is 0 Å². The van der Waals surface area contributed by atoms with E-state index in [0.29, 0.717) is 11.8 Å². The molecule has 1 unspecified atom stereocenters. The molecule has 14 heavy (non-hydrogen) atoms. The number of aldehydes is 1. The maximum absolute atomic E-state index is 10.8. The molecule has 0 heterocycles. The SMILES string of the molecule is CS(=O)(=O)OC(C=O)c1ccccc1. The van der Waals surface area contributed by atoms with Gasteiger partial charge in [-0.3, -0.25) is 4.18 Å². The Kier molecular flexibility index (Phi) is 3.38. The highest BCUT2D eigenvalue weighted by atomic mass is 32.2. The summed E-state index contributed by atoms with van der Waals surface area (Å²) in [5, 5.41) is 0. The van der Waals surface area contributed by atoms with Crippen LogP contribution >= 0.6 is 0 Å². The fourth-order valence-electron chi connectivity index (χ4n) is 0.988. The third-order valence-corrected chi connectivity index (χ3v) is 2.09. The predicted molar refractivity (Wildman–Crippen MR) is 51.2 cm³/mol. The fourth-order valence-corrected chi connectivity index (χ4v) is 1.52. The van der Waals surface area contributed by atoms with E-state index in [9.17, 15) is 13.2 Å². The molecule has 76 valence electrons.